The summed E-state index contributed by atoms with van der Waals surface area (Å²) in [6.07, 6.45) is 5.91. The number of amides is 1. The van der Waals surface area contributed by atoms with E-state index in [2.05, 4.69) is 4.98 Å². The lowest BCUT2D eigenvalue weighted by Gasteiger charge is -2.33. The van der Waals surface area contributed by atoms with Crippen molar-refractivity contribution in [3.8, 4) is 0 Å². The highest BCUT2D eigenvalue weighted by Crippen LogP contribution is 2.22. The maximum Gasteiger partial charge on any atom is 0.410 e. The number of ether oxygens (including phenoxy) is 2. The number of rotatable bonds is 5. The molecule has 25 heavy (non-hydrogen) atoms. The van der Waals surface area contributed by atoms with Crippen LogP contribution in [0.25, 0.3) is 0 Å². The zero-order valence-corrected chi connectivity index (χ0v) is 15.4. The van der Waals surface area contributed by atoms with Crippen LogP contribution in [0.5, 0.6) is 0 Å². The van der Waals surface area contributed by atoms with Gasteiger partial charge in [-0.25, -0.2) is 4.79 Å². The first-order valence-corrected chi connectivity index (χ1v) is 8.86. The van der Waals surface area contributed by atoms with Gasteiger partial charge >= 0.3 is 12.1 Å². The van der Waals surface area contributed by atoms with Crippen molar-refractivity contribution in [2.45, 2.75) is 52.1 Å². The van der Waals surface area contributed by atoms with Gasteiger partial charge < -0.3 is 14.4 Å². The number of aromatic nitrogens is 1. The van der Waals surface area contributed by atoms with Crippen LogP contribution in [-0.4, -0.2) is 47.2 Å². The molecule has 0 atom stereocenters. The van der Waals surface area contributed by atoms with Gasteiger partial charge in [0.15, 0.2) is 0 Å². The summed E-state index contributed by atoms with van der Waals surface area (Å²) in [5, 5.41) is 0. The monoisotopic (exact) mass is 348 g/mol. The number of carbonyl (C=O) groups excluding carboxylic acids is 2. The van der Waals surface area contributed by atoms with Gasteiger partial charge in [0, 0.05) is 38.3 Å². The highest BCUT2D eigenvalue weighted by Gasteiger charge is 2.28. The van der Waals surface area contributed by atoms with E-state index in [9.17, 15) is 9.59 Å². The molecule has 0 bridgehead atoms. The lowest BCUT2D eigenvalue weighted by molar-refractivity contribution is -0.145. The Bertz CT molecular complexity index is 561. The predicted octanol–water partition coefficient (Wildman–Crippen LogP) is 3.20. The molecule has 0 N–H and O–H groups in total. The molecule has 1 aromatic heterocycles. The second-order valence-corrected chi connectivity index (χ2v) is 7.44. The van der Waals surface area contributed by atoms with E-state index in [1.807, 2.05) is 32.9 Å². The van der Waals surface area contributed by atoms with Crippen molar-refractivity contribution in [1.29, 1.82) is 0 Å². The van der Waals surface area contributed by atoms with Crippen molar-refractivity contribution in [1.82, 2.24) is 9.88 Å². The van der Waals surface area contributed by atoms with Crippen LogP contribution >= 0.6 is 0 Å². The zero-order chi connectivity index (χ0) is 18.3. The standard InChI is InChI=1S/C19H28N2O4/c1-19(2,3)25-18(23)21-11-6-16(7-12-21)14-17(22)24-13-8-15-4-9-20-10-5-15/h4-5,9-10,16H,6-8,11-14H2,1-3H3. The molecule has 1 aliphatic heterocycles. The van der Waals surface area contributed by atoms with Crippen LogP contribution in [0.3, 0.4) is 0 Å². The van der Waals surface area contributed by atoms with Crippen molar-refractivity contribution in [3.05, 3.63) is 30.1 Å². The van der Waals surface area contributed by atoms with Crippen LogP contribution in [0.4, 0.5) is 4.79 Å². The molecule has 6 heteroatoms. The molecule has 1 saturated heterocycles. The number of hydrogen-bond acceptors (Lipinski definition) is 5. The Hall–Kier alpha value is -2.11. The first kappa shape index (κ1) is 19.2. The number of piperidine rings is 1. The van der Waals surface area contributed by atoms with E-state index in [1.165, 1.54) is 0 Å². The van der Waals surface area contributed by atoms with Crippen LogP contribution in [-0.2, 0) is 20.7 Å². The van der Waals surface area contributed by atoms with E-state index in [-0.39, 0.29) is 18.0 Å². The molecular formula is C19H28N2O4. The SMILES string of the molecule is CC(C)(C)OC(=O)N1CCC(CC(=O)OCCc2ccncc2)CC1. The van der Waals surface area contributed by atoms with Gasteiger partial charge in [-0.15, -0.1) is 0 Å². The molecule has 0 saturated carbocycles. The number of carbonyl (C=O) groups is 2. The summed E-state index contributed by atoms with van der Waals surface area (Å²) >= 11 is 0. The third kappa shape index (κ3) is 7.11. The topological polar surface area (TPSA) is 68.7 Å². The van der Waals surface area contributed by atoms with E-state index in [4.69, 9.17) is 9.47 Å². The lowest BCUT2D eigenvalue weighted by Crippen LogP contribution is -2.42. The summed E-state index contributed by atoms with van der Waals surface area (Å²) in [5.74, 6) is 0.108. The van der Waals surface area contributed by atoms with Crippen molar-refractivity contribution in [3.63, 3.8) is 0 Å². The Morgan fingerprint density at radius 1 is 1.20 bits per heavy atom. The molecule has 2 heterocycles. The number of nitrogens with zero attached hydrogens (tertiary/aromatic N) is 2. The summed E-state index contributed by atoms with van der Waals surface area (Å²) in [4.78, 5) is 29.7. The van der Waals surface area contributed by atoms with Gasteiger partial charge in [-0.3, -0.25) is 9.78 Å². The molecule has 2 rings (SSSR count). The Morgan fingerprint density at radius 2 is 1.84 bits per heavy atom. The van der Waals surface area contributed by atoms with E-state index >= 15 is 0 Å². The van der Waals surface area contributed by atoms with Crippen LogP contribution in [0.1, 0.15) is 45.6 Å². The van der Waals surface area contributed by atoms with Crippen LogP contribution in [0.2, 0.25) is 0 Å². The van der Waals surface area contributed by atoms with Gasteiger partial charge in [-0.1, -0.05) is 0 Å². The van der Waals surface area contributed by atoms with E-state index in [0.717, 1.165) is 18.4 Å². The molecule has 0 spiro atoms. The molecule has 1 amide bonds. The number of esters is 1. The number of hydrogen-bond donors (Lipinski definition) is 0. The Morgan fingerprint density at radius 3 is 2.44 bits per heavy atom. The highest BCUT2D eigenvalue weighted by molar-refractivity contribution is 5.70. The summed E-state index contributed by atoms with van der Waals surface area (Å²) in [7, 11) is 0. The molecule has 6 nitrogen and oxygen atoms in total. The van der Waals surface area contributed by atoms with Crippen molar-refractivity contribution in [2.24, 2.45) is 5.92 Å². The van der Waals surface area contributed by atoms with Crippen molar-refractivity contribution >= 4 is 12.1 Å². The normalized spacial score (nSPS) is 15.7. The Kier molecular flexibility index (Phi) is 6.79. The van der Waals surface area contributed by atoms with E-state index in [0.29, 0.717) is 32.5 Å². The third-order valence-corrected chi connectivity index (χ3v) is 4.12. The molecule has 0 unspecified atom stereocenters. The average molecular weight is 348 g/mol. The lowest BCUT2D eigenvalue weighted by atomic mass is 9.94. The largest absolute Gasteiger partial charge is 0.465 e. The van der Waals surface area contributed by atoms with E-state index < -0.39 is 5.60 Å². The quantitative estimate of drug-likeness (QED) is 0.764. The summed E-state index contributed by atoms with van der Waals surface area (Å²) in [5.41, 5.74) is 0.625. The molecule has 1 fully saturated rings. The average Bonchev–Trinajstić information content (AvgIpc) is 2.55. The Labute approximate surface area is 149 Å². The number of pyridine rings is 1. The maximum absolute atomic E-state index is 12.0. The summed E-state index contributed by atoms with van der Waals surface area (Å²) in [6.45, 7) is 7.23. The Balaban J connectivity index is 1.64. The van der Waals surface area contributed by atoms with Crippen LogP contribution < -0.4 is 0 Å². The molecule has 1 aliphatic rings. The van der Waals surface area contributed by atoms with Gasteiger partial charge in [-0.2, -0.15) is 0 Å². The predicted molar refractivity (Wildman–Crippen MR) is 94.0 cm³/mol. The number of likely N-dealkylation sites (tertiary alicyclic amines) is 1. The zero-order valence-electron chi connectivity index (χ0n) is 15.4. The second kappa shape index (κ2) is 8.83. The van der Waals surface area contributed by atoms with Crippen molar-refractivity contribution < 1.29 is 19.1 Å². The molecule has 0 aromatic carbocycles. The first-order chi connectivity index (χ1) is 11.8. The van der Waals surface area contributed by atoms with Crippen molar-refractivity contribution in [2.75, 3.05) is 19.7 Å². The molecule has 1 aromatic rings. The second-order valence-electron chi connectivity index (χ2n) is 7.44. The van der Waals surface area contributed by atoms with Crippen LogP contribution in [0, 0.1) is 5.92 Å². The maximum atomic E-state index is 12.0. The fraction of sp³-hybridized carbons (Fsp3) is 0.632. The molecule has 138 valence electrons. The van der Waals surface area contributed by atoms with Gasteiger partial charge in [0.25, 0.3) is 0 Å². The van der Waals surface area contributed by atoms with Gasteiger partial charge in [0.1, 0.15) is 5.60 Å². The molecular weight excluding hydrogens is 320 g/mol. The van der Waals surface area contributed by atoms with Gasteiger partial charge in [-0.05, 0) is 57.2 Å². The van der Waals surface area contributed by atoms with Gasteiger partial charge in [0.05, 0.1) is 6.61 Å². The fourth-order valence-electron chi connectivity index (χ4n) is 2.77. The first-order valence-electron chi connectivity index (χ1n) is 8.86. The van der Waals surface area contributed by atoms with E-state index in [1.54, 1.807) is 17.3 Å². The minimum absolute atomic E-state index is 0.162. The fourth-order valence-corrected chi connectivity index (χ4v) is 2.77. The molecule has 0 aliphatic carbocycles. The molecule has 0 radical (unpaired) electrons. The van der Waals surface area contributed by atoms with Crippen LogP contribution in [0.15, 0.2) is 24.5 Å². The minimum Gasteiger partial charge on any atom is -0.465 e. The summed E-state index contributed by atoms with van der Waals surface area (Å²) < 4.78 is 10.7. The minimum atomic E-state index is -0.480. The van der Waals surface area contributed by atoms with Gasteiger partial charge in [0.2, 0.25) is 0 Å². The third-order valence-electron chi connectivity index (χ3n) is 4.12. The highest BCUT2D eigenvalue weighted by atomic mass is 16.6. The smallest absolute Gasteiger partial charge is 0.410 e. The summed E-state index contributed by atoms with van der Waals surface area (Å²) in [6, 6.07) is 3.83.